The predicted molar refractivity (Wildman–Crippen MR) is 76.0 cm³/mol. The van der Waals surface area contributed by atoms with Crippen molar-refractivity contribution in [3.05, 3.63) is 0 Å². The van der Waals surface area contributed by atoms with Crippen LogP contribution in [-0.4, -0.2) is 61.2 Å². The number of rotatable bonds is 3. The number of hydrogen-bond acceptors (Lipinski definition) is 2. The highest BCUT2D eigenvalue weighted by Crippen LogP contribution is 2.06. The molecular weight excluding hydrogens is 305 g/mol. The van der Waals surface area contributed by atoms with E-state index in [2.05, 4.69) is 4.99 Å². The molecule has 4 nitrogen and oxygen atoms in total. The fourth-order valence-electron chi connectivity index (χ4n) is 1.11. The Morgan fingerprint density at radius 3 is 1.80 bits per heavy atom. The van der Waals surface area contributed by atoms with Crippen molar-refractivity contribution in [1.29, 1.82) is 0 Å². The molecule has 0 atom stereocenters. The van der Waals surface area contributed by atoms with Gasteiger partial charge >= 0.3 is 0 Å². The van der Waals surface area contributed by atoms with E-state index in [9.17, 15) is 5.11 Å². The molecule has 0 aromatic rings. The molecule has 0 spiro atoms. The predicted octanol–water partition coefficient (Wildman–Crippen LogP) is 1.24. The standard InChI is InChI=1S/C10H23N3O.HI/c1-10(2,14)7-8-11-9(12(3)4)13(5)6;/h14H,7-8H2,1-6H3;1H. The first-order valence-electron chi connectivity index (χ1n) is 4.85. The van der Waals surface area contributed by atoms with Gasteiger partial charge in [-0.2, -0.15) is 0 Å². The molecule has 0 saturated heterocycles. The van der Waals surface area contributed by atoms with Gasteiger partial charge in [-0.15, -0.1) is 24.0 Å². The van der Waals surface area contributed by atoms with Crippen LogP contribution in [0, 0.1) is 0 Å². The summed E-state index contributed by atoms with van der Waals surface area (Å²) in [6.45, 7) is 4.25. The van der Waals surface area contributed by atoms with Crippen LogP contribution in [0.2, 0.25) is 0 Å². The van der Waals surface area contributed by atoms with Gasteiger partial charge in [-0.05, 0) is 20.3 Å². The fraction of sp³-hybridized carbons (Fsp3) is 0.900. The third-order valence-corrected chi connectivity index (χ3v) is 1.78. The van der Waals surface area contributed by atoms with Crippen LogP contribution in [0.25, 0.3) is 0 Å². The van der Waals surface area contributed by atoms with Gasteiger partial charge in [-0.3, -0.25) is 4.99 Å². The van der Waals surface area contributed by atoms with Crippen LogP contribution in [0.5, 0.6) is 0 Å². The fourth-order valence-corrected chi connectivity index (χ4v) is 1.11. The third kappa shape index (κ3) is 8.92. The van der Waals surface area contributed by atoms with E-state index in [4.69, 9.17) is 0 Å². The second-order valence-corrected chi connectivity index (χ2v) is 4.53. The van der Waals surface area contributed by atoms with Crippen LogP contribution in [0.15, 0.2) is 4.99 Å². The molecule has 92 valence electrons. The third-order valence-electron chi connectivity index (χ3n) is 1.78. The molecule has 0 rings (SSSR count). The first-order chi connectivity index (χ1) is 6.24. The summed E-state index contributed by atoms with van der Waals surface area (Å²) in [5.74, 6) is 0.925. The van der Waals surface area contributed by atoms with Crippen LogP contribution in [-0.2, 0) is 0 Å². The lowest BCUT2D eigenvalue weighted by Gasteiger charge is -2.23. The Balaban J connectivity index is 0. The van der Waals surface area contributed by atoms with Gasteiger partial charge in [0.1, 0.15) is 0 Å². The minimum Gasteiger partial charge on any atom is -0.390 e. The van der Waals surface area contributed by atoms with E-state index < -0.39 is 5.60 Å². The van der Waals surface area contributed by atoms with Gasteiger partial charge in [0.05, 0.1) is 5.60 Å². The van der Waals surface area contributed by atoms with E-state index >= 15 is 0 Å². The van der Waals surface area contributed by atoms with Crippen LogP contribution >= 0.6 is 24.0 Å². The van der Waals surface area contributed by atoms with E-state index in [1.54, 1.807) is 13.8 Å². The average molecular weight is 329 g/mol. The Kier molecular flexibility index (Phi) is 8.41. The normalized spacial score (nSPS) is 10.3. The maximum atomic E-state index is 9.51. The molecule has 1 N–H and O–H groups in total. The van der Waals surface area contributed by atoms with Crippen molar-refractivity contribution in [2.45, 2.75) is 25.9 Å². The number of guanidine groups is 1. The molecule has 0 radical (unpaired) electrons. The maximum absolute atomic E-state index is 9.51. The van der Waals surface area contributed by atoms with Crippen LogP contribution in [0.4, 0.5) is 0 Å². The van der Waals surface area contributed by atoms with Crippen LogP contribution in [0.1, 0.15) is 20.3 Å². The molecule has 0 aromatic carbocycles. The van der Waals surface area contributed by atoms with Gasteiger partial charge in [-0.25, -0.2) is 0 Å². The molecule has 0 aromatic heterocycles. The Morgan fingerprint density at radius 2 is 1.53 bits per heavy atom. The maximum Gasteiger partial charge on any atom is 0.195 e. The van der Waals surface area contributed by atoms with Gasteiger partial charge in [-0.1, -0.05) is 0 Å². The minimum atomic E-state index is -0.632. The smallest absolute Gasteiger partial charge is 0.195 e. The minimum absolute atomic E-state index is 0. The zero-order chi connectivity index (χ0) is 11.4. The van der Waals surface area contributed by atoms with Crippen molar-refractivity contribution in [2.24, 2.45) is 4.99 Å². The van der Waals surface area contributed by atoms with Gasteiger partial charge in [0.2, 0.25) is 0 Å². The molecule has 0 fully saturated rings. The first-order valence-corrected chi connectivity index (χ1v) is 4.85. The van der Waals surface area contributed by atoms with Crippen molar-refractivity contribution in [3.63, 3.8) is 0 Å². The molecule has 5 heteroatoms. The summed E-state index contributed by atoms with van der Waals surface area (Å²) in [7, 11) is 7.84. The summed E-state index contributed by atoms with van der Waals surface area (Å²) in [5, 5.41) is 9.51. The lowest BCUT2D eigenvalue weighted by molar-refractivity contribution is 0.0737. The van der Waals surface area contributed by atoms with Crippen LogP contribution < -0.4 is 0 Å². The molecule has 0 aliphatic rings. The Morgan fingerprint density at radius 1 is 1.13 bits per heavy atom. The summed E-state index contributed by atoms with van der Waals surface area (Å²) in [4.78, 5) is 8.34. The van der Waals surface area contributed by atoms with Gasteiger partial charge in [0.15, 0.2) is 5.96 Å². The van der Waals surface area contributed by atoms with E-state index in [0.29, 0.717) is 13.0 Å². The molecule has 0 aliphatic carbocycles. The molecule has 15 heavy (non-hydrogen) atoms. The quantitative estimate of drug-likeness (QED) is 0.481. The molecule has 0 bridgehead atoms. The van der Waals surface area contributed by atoms with Gasteiger partial charge in [0, 0.05) is 34.7 Å². The number of aliphatic imine (C=N–C) groups is 1. The monoisotopic (exact) mass is 329 g/mol. The zero-order valence-corrected chi connectivity index (χ0v) is 12.9. The molecule has 0 unspecified atom stereocenters. The highest BCUT2D eigenvalue weighted by atomic mass is 127. The highest BCUT2D eigenvalue weighted by Gasteiger charge is 2.12. The average Bonchev–Trinajstić information content (AvgIpc) is 1.94. The van der Waals surface area contributed by atoms with Gasteiger partial charge < -0.3 is 14.9 Å². The topological polar surface area (TPSA) is 39.1 Å². The summed E-state index contributed by atoms with van der Waals surface area (Å²) >= 11 is 0. The number of nitrogens with zero attached hydrogens (tertiary/aromatic N) is 3. The molecular formula is C10H24IN3O. The highest BCUT2D eigenvalue weighted by molar-refractivity contribution is 14.0. The molecule has 0 saturated carbocycles. The summed E-state index contributed by atoms with van der Waals surface area (Å²) in [6.07, 6.45) is 0.679. The summed E-state index contributed by atoms with van der Waals surface area (Å²) in [5.41, 5.74) is -0.632. The van der Waals surface area contributed by atoms with Crippen LogP contribution in [0.3, 0.4) is 0 Å². The molecule has 0 amide bonds. The second-order valence-electron chi connectivity index (χ2n) is 4.53. The Bertz CT molecular complexity index is 187. The SMILES string of the molecule is CN(C)C(=NCCC(C)(C)O)N(C)C.I. The summed E-state index contributed by atoms with van der Waals surface area (Å²) in [6, 6.07) is 0. The lowest BCUT2D eigenvalue weighted by Crippen LogP contribution is -2.35. The number of halogens is 1. The van der Waals surface area contributed by atoms with E-state index in [-0.39, 0.29) is 24.0 Å². The van der Waals surface area contributed by atoms with Crippen molar-refractivity contribution >= 4 is 29.9 Å². The van der Waals surface area contributed by atoms with E-state index in [1.807, 2.05) is 38.0 Å². The lowest BCUT2D eigenvalue weighted by atomic mass is 10.1. The Labute approximate surface area is 110 Å². The zero-order valence-electron chi connectivity index (χ0n) is 10.6. The molecule has 0 aliphatic heterocycles. The van der Waals surface area contributed by atoms with E-state index in [1.165, 1.54) is 0 Å². The number of hydrogen-bond donors (Lipinski definition) is 1. The number of aliphatic hydroxyl groups is 1. The van der Waals surface area contributed by atoms with E-state index in [0.717, 1.165) is 5.96 Å². The Hall–Kier alpha value is -0.0400. The largest absolute Gasteiger partial charge is 0.390 e. The molecule has 0 heterocycles. The van der Waals surface area contributed by atoms with Crippen molar-refractivity contribution < 1.29 is 5.11 Å². The van der Waals surface area contributed by atoms with Crippen molar-refractivity contribution in [3.8, 4) is 0 Å². The van der Waals surface area contributed by atoms with Crippen molar-refractivity contribution in [1.82, 2.24) is 9.80 Å². The second kappa shape index (κ2) is 7.27. The first kappa shape index (κ1) is 17.4. The summed E-state index contributed by atoms with van der Waals surface area (Å²) < 4.78 is 0. The van der Waals surface area contributed by atoms with Gasteiger partial charge in [0.25, 0.3) is 0 Å². The van der Waals surface area contributed by atoms with Crippen molar-refractivity contribution in [2.75, 3.05) is 34.7 Å².